The van der Waals surface area contributed by atoms with E-state index in [1.54, 1.807) is 37.4 Å². The summed E-state index contributed by atoms with van der Waals surface area (Å²) < 4.78 is 0. The number of anilines is 3. The number of nitrogens with zero attached hydrogens (tertiary/aromatic N) is 2. The summed E-state index contributed by atoms with van der Waals surface area (Å²) in [5.74, 6) is -1.29. The molecule has 1 aromatic heterocycles. The van der Waals surface area contributed by atoms with E-state index in [4.69, 9.17) is 10.8 Å². The van der Waals surface area contributed by atoms with Crippen molar-refractivity contribution in [1.82, 2.24) is 4.98 Å². The normalized spacial score (nSPS) is 10.5. The minimum Gasteiger partial charge on any atom is -0.478 e. The van der Waals surface area contributed by atoms with Crippen LogP contribution >= 0.6 is 0 Å². The third-order valence-electron chi connectivity index (χ3n) is 3.05. The molecule has 23 heavy (non-hydrogen) atoms. The molecule has 0 aliphatic carbocycles. The van der Waals surface area contributed by atoms with Gasteiger partial charge in [0.1, 0.15) is 5.82 Å². The highest BCUT2D eigenvalue weighted by atomic mass is 16.4. The van der Waals surface area contributed by atoms with E-state index < -0.39 is 11.9 Å². The van der Waals surface area contributed by atoms with Gasteiger partial charge in [0.25, 0.3) is 5.91 Å². The van der Waals surface area contributed by atoms with Gasteiger partial charge in [0.2, 0.25) is 0 Å². The Morgan fingerprint density at radius 2 is 2.09 bits per heavy atom. The van der Waals surface area contributed by atoms with E-state index >= 15 is 0 Å². The van der Waals surface area contributed by atoms with Crippen molar-refractivity contribution in [2.45, 2.75) is 0 Å². The second-order valence-corrected chi connectivity index (χ2v) is 4.57. The summed E-state index contributed by atoms with van der Waals surface area (Å²) in [7, 11) is 1.73. The first kappa shape index (κ1) is 16.0. The maximum absolute atomic E-state index is 12.7. The van der Waals surface area contributed by atoms with Crippen LogP contribution in [0.1, 0.15) is 10.4 Å². The first-order valence-electron chi connectivity index (χ1n) is 6.76. The predicted octanol–water partition coefficient (Wildman–Crippen LogP) is 1.95. The average Bonchev–Trinajstić information content (AvgIpc) is 2.55. The van der Waals surface area contributed by atoms with Gasteiger partial charge in [-0.25, -0.2) is 9.78 Å². The van der Waals surface area contributed by atoms with Crippen molar-refractivity contribution in [2.24, 2.45) is 0 Å². The number of benzene rings is 1. The molecule has 0 saturated heterocycles. The Bertz CT molecular complexity index is 744. The lowest BCUT2D eigenvalue weighted by Crippen LogP contribution is -2.26. The number of pyridine rings is 1. The van der Waals surface area contributed by atoms with Gasteiger partial charge in [-0.1, -0.05) is 6.07 Å². The Hall–Kier alpha value is -3.35. The van der Waals surface area contributed by atoms with Gasteiger partial charge in [-0.05, 0) is 30.3 Å². The summed E-state index contributed by atoms with van der Waals surface area (Å²) in [4.78, 5) is 28.7. The molecule has 118 valence electrons. The molecule has 0 unspecified atom stereocenters. The zero-order chi connectivity index (χ0) is 16.8. The minimum absolute atomic E-state index is 0.311. The van der Waals surface area contributed by atoms with Crippen molar-refractivity contribution < 1.29 is 14.7 Å². The number of hydrogen-bond donors (Lipinski definition) is 3. The van der Waals surface area contributed by atoms with Crippen molar-refractivity contribution in [3.63, 3.8) is 0 Å². The third kappa shape index (κ3) is 3.85. The van der Waals surface area contributed by atoms with Gasteiger partial charge in [0.05, 0.1) is 11.4 Å². The fraction of sp³-hybridized carbons (Fsp3) is 0.0625. The van der Waals surface area contributed by atoms with Crippen LogP contribution in [0, 0.1) is 0 Å². The van der Waals surface area contributed by atoms with E-state index in [0.717, 1.165) is 17.2 Å². The number of amides is 1. The van der Waals surface area contributed by atoms with Crippen molar-refractivity contribution in [2.75, 3.05) is 23.0 Å². The molecule has 0 saturated carbocycles. The lowest BCUT2D eigenvalue weighted by atomic mass is 10.1. The Kier molecular flexibility index (Phi) is 4.93. The zero-order valence-corrected chi connectivity index (χ0v) is 12.4. The Balaban J connectivity index is 2.40. The lowest BCUT2D eigenvalue weighted by molar-refractivity contribution is -0.131. The van der Waals surface area contributed by atoms with Gasteiger partial charge in [-0.2, -0.15) is 0 Å². The molecule has 2 rings (SSSR count). The molecule has 1 heterocycles. The molecule has 0 aliphatic heterocycles. The number of nitrogen functional groups attached to an aromatic ring is 1. The lowest BCUT2D eigenvalue weighted by Gasteiger charge is -2.18. The van der Waals surface area contributed by atoms with Crippen molar-refractivity contribution in [3.8, 4) is 0 Å². The van der Waals surface area contributed by atoms with Crippen molar-refractivity contribution in [1.29, 1.82) is 0 Å². The van der Waals surface area contributed by atoms with Gasteiger partial charge >= 0.3 is 5.97 Å². The highest BCUT2D eigenvalue weighted by Crippen LogP contribution is 2.22. The maximum Gasteiger partial charge on any atom is 0.329 e. The number of aromatic nitrogens is 1. The number of nitrogens with two attached hydrogens (primary N) is 1. The zero-order valence-electron chi connectivity index (χ0n) is 12.4. The minimum atomic E-state index is -1.16. The summed E-state index contributed by atoms with van der Waals surface area (Å²) in [6.45, 7) is 0. The number of aliphatic carboxylic acids is 1. The highest BCUT2D eigenvalue weighted by molar-refractivity contribution is 6.08. The van der Waals surface area contributed by atoms with Crippen LogP contribution in [-0.4, -0.2) is 29.0 Å². The van der Waals surface area contributed by atoms with Crippen LogP contribution in [0.3, 0.4) is 0 Å². The molecule has 0 radical (unpaired) electrons. The van der Waals surface area contributed by atoms with Crippen LogP contribution in [0.5, 0.6) is 0 Å². The molecule has 0 aliphatic rings. The molecule has 4 N–H and O–H groups in total. The number of rotatable bonds is 5. The van der Waals surface area contributed by atoms with E-state index in [1.165, 1.54) is 12.3 Å². The van der Waals surface area contributed by atoms with E-state index in [-0.39, 0.29) is 0 Å². The maximum atomic E-state index is 12.7. The monoisotopic (exact) mass is 312 g/mol. The number of carboxylic acids is 1. The quantitative estimate of drug-likeness (QED) is 0.575. The molecule has 1 amide bonds. The van der Waals surface area contributed by atoms with Gasteiger partial charge in [0.15, 0.2) is 0 Å². The summed E-state index contributed by atoms with van der Waals surface area (Å²) in [6.07, 6.45) is 3.55. The van der Waals surface area contributed by atoms with Crippen molar-refractivity contribution in [3.05, 3.63) is 60.4 Å². The molecule has 7 nitrogen and oxygen atoms in total. The first-order chi connectivity index (χ1) is 11.0. The van der Waals surface area contributed by atoms with Gasteiger partial charge in [-0.15, -0.1) is 0 Å². The number of carboxylic acid groups (broad SMARTS) is 1. The van der Waals surface area contributed by atoms with Crippen LogP contribution in [0.4, 0.5) is 17.2 Å². The Labute approximate surface area is 133 Å². The third-order valence-corrected chi connectivity index (χ3v) is 3.05. The smallest absolute Gasteiger partial charge is 0.329 e. The van der Waals surface area contributed by atoms with Crippen molar-refractivity contribution >= 4 is 29.1 Å². The fourth-order valence-electron chi connectivity index (χ4n) is 1.95. The predicted molar refractivity (Wildman–Crippen MR) is 88.2 cm³/mol. The summed E-state index contributed by atoms with van der Waals surface area (Å²) in [5.41, 5.74) is 7.31. The molecule has 2 aromatic rings. The van der Waals surface area contributed by atoms with Gasteiger partial charge < -0.3 is 16.2 Å². The Morgan fingerprint density at radius 3 is 2.65 bits per heavy atom. The SMILES string of the molecule is CNc1ccc(C(=O)N(C=CC(=O)O)c2ccccn2)cc1N. The molecule has 0 atom stereocenters. The van der Waals surface area contributed by atoms with Gasteiger partial charge in [-0.3, -0.25) is 9.69 Å². The topological polar surface area (TPSA) is 109 Å². The highest BCUT2D eigenvalue weighted by Gasteiger charge is 2.17. The van der Waals surface area contributed by atoms with Crippen LogP contribution in [0.15, 0.2) is 54.9 Å². The van der Waals surface area contributed by atoms with Crippen LogP contribution in [-0.2, 0) is 4.79 Å². The first-order valence-corrected chi connectivity index (χ1v) is 6.76. The molecule has 7 heteroatoms. The van der Waals surface area contributed by atoms with E-state index in [2.05, 4.69) is 10.3 Å². The standard InChI is InChI=1S/C16H16N4O3/c1-18-13-6-5-11(10-12(13)17)16(23)20(9-7-15(21)22)14-4-2-3-8-19-14/h2-10,18H,17H2,1H3,(H,21,22). The largest absolute Gasteiger partial charge is 0.478 e. The van der Waals surface area contributed by atoms with Crippen LogP contribution in [0.25, 0.3) is 0 Å². The average molecular weight is 312 g/mol. The molecular weight excluding hydrogens is 296 g/mol. The van der Waals surface area contributed by atoms with E-state index in [0.29, 0.717) is 22.8 Å². The summed E-state index contributed by atoms with van der Waals surface area (Å²) in [5, 5.41) is 11.7. The molecule has 1 aromatic carbocycles. The fourth-order valence-corrected chi connectivity index (χ4v) is 1.95. The number of carbonyl (C=O) groups is 2. The van der Waals surface area contributed by atoms with Crippen LogP contribution < -0.4 is 16.0 Å². The summed E-state index contributed by atoms with van der Waals surface area (Å²) in [6, 6.07) is 9.83. The second-order valence-electron chi connectivity index (χ2n) is 4.57. The Morgan fingerprint density at radius 1 is 1.30 bits per heavy atom. The second kappa shape index (κ2) is 7.08. The van der Waals surface area contributed by atoms with Gasteiger partial charge in [0, 0.05) is 31.1 Å². The number of hydrogen-bond acceptors (Lipinski definition) is 5. The molecular formula is C16H16N4O3. The molecule has 0 fully saturated rings. The van der Waals surface area contributed by atoms with Crippen LogP contribution in [0.2, 0.25) is 0 Å². The molecule has 0 spiro atoms. The summed E-state index contributed by atoms with van der Waals surface area (Å²) >= 11 is 0. The van der Waals surface area contributed by atoms with E-state index in [1.807, 2.05) is 0 Å². The number of carbonyl (C=O) groups excluding carboxylic acids is 1. The van der Waals surface area contributed by atoms with E-state index in [9.17, 15) is 9.59 Å². The molecule has 0 bridgehead atoms. The number of nitrogens with one attached hydrogen (secondary N) is 1.